The number of carbonyl (C=O) groups excluding carboxylic acids is 1. The summed E-state index contributed by atoms with van der Waals surface area (Å²) < 4.78 is 2.06. The third-order valence-electron chi connectivity index (χ3n) is 1.53. The Kier molecular flexibility index (Phi) is 4.18. The van der Waals surface area contributed by atoms with Crippen LogP contribution in [0.3, 0.4) is 0 Å². The van der Waals surface area contributed by atoms with Crippen molar-refractivity contribution in [3.05, 3.63) is 26.2 Å². The molecule has 1 amide bonds. The summed E-state index contributed by atoms with van der Waals surface area (Å²) in [5.41, 5.74) is 0.871. The quantitative estimate of drug-likeness (QED) is 0.811. The Labute approximate surface area is 99.4 Å². The van der Waals surface area contributed by atoms with Crippen molar-refractivity contribution in [3.63, 3.8) is 0 Å². The van der Waals surface area contributed by atoms with Crippen molar-refractivity contribution in [2.24, 2.45) is 0 Å². The standard InChI is InChI=1S/C9H9BrINO/c1-2-9(13)12-8-4-3-6(10)5-7(8)11/h3-5H,2H2,1H3,(H,12,13). The molecule has 0 fully saturated rings. The normalized spacial score (nSPS) is 9.77. The van der Waals surface area contributed by atoms with Gasteiger partial charge in [0.1, 0.15) is 0 Å². The van der Waals surface area contributed by atoms with Gasteiger partial charge in [0.15, 0.2) is 0 Å². The van der Waals surface area contributed by atoms with E-state index < -0.39 is 0 Å². The van der Waals surface area contributed by atoms with Gasteiger partial charge < -0.3 is 5.32 Å². The lowest BCUT2D eigenvalue weighted by Crippen LogP contribution is -2.10. The van der Waals surface area contributed by atoms with E-state index in [1.807, 2.05) is 25.1 Å². The molecule has 0 spiro atoms. The lowest BCUT2D eigenvalue weighted by molar-refractivity contribution is -0.115. The van der Waals surface area contributed by atoms with E-state index in [1.165, 1.54) is 0 Å². The molecule has 0 aromatic heterocycles. The predicted octanol–water partition coefficient (Wildman–Crippen LogP) is 3.40. The summed E-state index contributed by atoms with van der Waals surface area (Å²) in [7, 11) is 0. The number of hydrogen-bond donors (Lipinski definition) is 1. The maximum Gasteiger partial charge on any atom is 0.224 e. The highest BCUT2D eigenvalue weighted by molar-refractivity contribution is 14.1. The second-order valence-electron chi connectivity index (χ2n) is 2.53. The fraction of sp³-hybridized carbons (Fsp3) is 0.222. The Bertz CT molecular complexity index is 327. The molecule has 0 saturated heterocycles. The van der Waals surface area contributed by atoms with Crippen LogP contribution in [0, 0.1) is 3.57 Å². The fourth-order valence-electron chi connectivity index (χ4n) is 0.829. The molecule has 0 aliphatic rings. The van der Waals surface area contributed by atoms with Crippen molar-refractivity contribution in [1.82, 2.24) is 0 Å². The second kappa shape index (κ2) is 4.95. The summed E-state index contributed by atoms with van der Waals surface area (Å²) in [5, 5.41) is 2.82. The number of amides is 1. The van der Waals surface area contributed by atoms with Crippen LogP contribution >= 0.6 is 38.5 Å². The van der Waals surface area contributed by atoms with Gasteiger partial charge in [-0.1, -0.05) is 22.9 Å². The van der Waals surface area contributed by atoms with E-state index in [1.54, 1.807) is 0 Å². The van der Waals surface area contributed by atoms with Crippen LogP contribution < -0.4 is 5.32 Å². The molecule has 0 heterocycles. The molecule has 2 nitrogen and oxygen atoms in total. The number of benzene rings is 1. The van der Waals surface area contributed by atoms with E-state index in [9.17, 15) is 4.79 Å². The van der Waals surface area contributed by atoms with Crippen LogP contribution in [0.25, 0.3) is 0 Å². The minimum atomic E-state index is 0.0419. The Balaban J connectivity index is 2.83. The van der Waals surface area contributed by atoms with Gasteiger partial charge in [-0.05, 0) is 40.8 Å². The lowest BCUT2D eigenvalue weighted by Gasteiger charge is -2.05. The molecular weight excluding hydrogens is 345 g/mol. The van der Waals surface area contributed by atoms with Gasteiger partial charge in [-0.3, -0.25) is 4.79 Å². The van der Waals surface area contributed by atoms with Crippen molar-refractivity contribution in [2.45, 2.75) is 13.3 Å². The molecule has 0 atom stereocenters. The number of hydrogen-bond acceptors (Lipinski definition) is 1. The van der Waals surface area contributed by atoms with Gasteiger partial charge in [0.05, 0.1) is 5.69 Å². The van der Waals surface area contributed by atoms with Crippen LogP contribution in [0.15, 0.2) is 22.7 Å². The van der Waals surface area contributed by atoms with Gasteiger partial charge in [-0.2, -0.15) is 0 Å². The van der Waals surface area contributed by atoms with Crippen molar-refractivity contribution in [3.8, 4) is 0 Å². The van der Waals surface area contributed by atoms with E-state index in [4.69, 9.17) is 0 Å². The highest BCUT2D eigenvalue weighted by Crippen LogP contribution is 2.22. The third-order valence-corrected chi connectivity index (χ3v) is 2.91. The molecular formula is C9H9BrINO. The predicted molar refractivity (Wildman–Crippen MR) is 65.8 cm³/mol. The summed E-state index contributed by atoms with van der Waals surface area (Å²) in [6, 6.07) is 5.76. The smallest absolute Gasteiger partial charge is 0.224 e. The molecule has 0 bridgehead atoms. The zero-order chi connectivity index (χ0) is 9.84. The maximum absolute atomic E-state index is 11.1. The SMILES string of the molecule is CCC(=O)Nc1ccc(Br)cc1I. The fourth-order valence-corrected chi connectivity index (χ4v) is 2.27. The number of nitrogens with one attached hydrogen (secondary N) is 1. The molecule has 13 heavy (non-hydrogen) atoms. The molecule has 1 aromatic carbocycles. The summed E-state index contributed by atoms with van der Waals surface area (Å²) in [6.07, 6.45) is 0.506. The van der Waals surface area contributed by atoms with Crippen molar-refractivity contribution < 1.29 is 4.79 Å². The first-order valence-corrected chi connectivity index (χ1v) is 5.75. The number of anilines is 1. The number of carbonyl (C=O) groups is 1. The molecule has 0 radical (unpaired) electrons. The first-order valence-electron chi connectivity index (χ1n) is 3.88. The average molecular weight is 354 g/mol. The first-order chi connectivity index (χ1) is 6.13. The largest absolute Gasteiger partial charge is 0.325 e. The monoisotopic (exact) mass is 353 g/mol. The van der Waals surface area contributed by atoms with E-state index in [0.29, 0.717) is 6.42 Å². The topological polar surface area (TPSA) is 29.1 Å². The van der Waals surface area contributed by atoms with Crippen molar-refractivity contribution in [2.75, 3.05) is 5.32 Å². The minimum absolute atomic E-state index is 0.0419. The first kappa shape index (κ1) is 11.0. The maximum atomic E-state index is 11.1. The zero-order valence-corrected chi connectivity index (χ0v) is 10.8. The Morgan fingerprint density at radius 3 is 2.85 bits per heavy atom. The van der Waals surface area contributed by atoms with E-state index in [-0.39, 0.29) is 5.91 Å². The molecule has 1 rings (SSSR count). The Hall–Kier alpha value is -0.100. The van der Waals surface area contributed by atoms with Crippen LogP contribution in [-0.2, 0) is 4.79 Å². The molecule has 0 unspecified atom stereocenters. The van der Waals surface area contributed by atoms with Crippen LogP contribution in [-0.4, -0.2) is 5.91 Å². The second-order valence-corrected chi connectivity index (χ2v) is 4.60. The summed E-state index contributed by atoms with van der Waals surface area (Å²) in [5.74, 6) is 0.0419. The number of rotatable bonds is 2. The third kappa shape index (κ3) is 3.27. The van der Waals surface area contributed by atoms with E-state index in [2.05, 4.69) is 43.8 Å². The lowest BCUT2D eigenvalue weighted by atomic mass is 10.3. The van der Waals surface area contributed by atoms with Gasteiger partial charge in [0, 0.05) is 14.5 Å². The van der Waals surface area contributed by atoms with Gasteiger partial charge in [-0.25, -0.2) is 0 Å². The highest BCUT2D eigenvalue weighted by atomic mass is 127. The van der Waals surface area contributed by atoms with Crippen molar-refractivity contribution in [1.29, 1.82) is 0 Å². The van der Waals surface area contributed by atoms with Gasteiger partial charge in [-0.15, -0.1) is 0 Å². The Morgan fingerprint density at radius 1 is 1.62 bits per heavy atom. The zero-order valence-electron chi connectivity index (χ0n) is 7.10. The molecule has 1 N–H and O–H groups in total. The van der Waals surface area contributed by atoms with Gasteiger partial charge >= 0.3 is 0 Å². The molecule has 4 heteroatoms. The summed E-state index contributed by atoms with van der Waals surface area (Å²) in [4.78, 5) is 11.1. The van der Waals surface area contributed by atoms with Gasteiger partial charge in [0.2, 0.25) is 5.91 Å². The molecule has 0 aliphatic heterocycles. The van der Waals surface area contributed by atoms with Crippen LogP contribution in [0.4, 0.5) is 5.69 Å². The minimum Gasteiger partial charge on any atom is -0.325 e. The van der Waals surface area contributed by atoms with Gasteiger partial charge in [0.25, 0.3) is 0 Å². The van der Waals surface area contributed by atoms with Crippen molar-refractivity contribution >= 4 is 50.1 Å². The highest BCUT2D eigenvalue weighted by Gasteiger charge is 2.02. The Morgan fingerprint density at radius 2 is 2.31 bits per heavy atom. The van der Waals surface area contributed by atoms with Crippen LogP contribution in [0.1, 0.15) is 13.3 Å². The molecule has 1 aromatic rings. The van der Waals surface area contributed by atoms with Crippen LogP contribution in [0.2, 0.25) is 0 Å². The molecule has 0 aliphatic carbocycles. The van der Waals surface area contributed by atoms with Crippen LogP contribution in [0.5, 0.6) is 0 Å². The summed E-state index contributed by atoms with van der Waals surface area (Å²) >= 11 is 5.55. The number of halogens is 2. The average Bonchev–Trinajstić information content (AvgIpc) is 2.09. The van der Waals surface area contributed by atoms with E-state index >= 15 is 0 Å². The summed E-state index contributed by atoms with van der Waals surface area (Å²) in [6.45, 7) is 1.83. The molecule has 0 saturated carbocycles. The molecule has 70 valence electrons. The van der Waals surface area contributed by atoms with E-state index in [0.717, 1.165) is 13.7 Å².